The van der Waals surface area contributed by atoms with E-state index in [4.69, 9.17) is 0 Å². The van der Waals surface area contributed by atoms with E-state index in [0.717, 1.165) is 0 Å². The highest BCUT2D eigenvalue weighted by Crippen LogP contribution is 2.60. The summed E-state index contributed by atoms with van der Waals surface area (Å²) in [7, 11) is 0. The highest BCUT2D eigenvalue weighted by Gasteiger charge is 2.75. The molecule has 0 aliphatic heterocycles. The molecule has 0 N–H and O–H groups in total. The first kappa shape index (κ1) is 30.1. The third-order valence-corrected chi connectivity index (χ3v) is 9.39. The fraction of sp³-hybridized carbons (Fsp3) is 1.00. The standard InChI is InChI=1S/C20H26F12S2/c21-15(22,13-7-3-1-4-8-13)17(25,19(27,28)29)33-11-12-34-18(26,20(30,31)32)16(23,24)14-9-5-2-6-10-14/h13-14H,1-12H2. The lowest BCUT2D eigenvalue weighted by molar-refractivity contribution is -0.278. The molecule has 0 heterocycles. The molecule has 0 aromatic rings. The molecular formula is C20H26F12S2. The summed E-state index contributed by atoms with van der Waals surface area (Å²) in [4.78, 5) is 0. The molecule has 202 valence electrons. The molecule has 0 radical (unpaired) electrons. The van der Waals surface area contributed by atoms with Gasteiger partial charge >= 0.3 is 34.2 Å². The van der Waals surface area contributed by atoms with Gasteiger partial charge in [0.05, 0.1) is 0 Å². The molecule has 0 nitrogen and oxygen atoms in total. The maximum atomic E-state index is 14.9. The van der Waals surface area contributed by atoms with Crippen molar-refractivity contribution in [2.24, 2.45) is 11.8 Å². The van der Waals surface area contributed by atoms with Crippen molar-refractivity contribution in [2.45, 2.75) is 98.4 Å². The minimum absolute atomic E-state index is 0.168. The Bertz CT molecular complexity index is 597. The quantitative estimate of drug-likeness (QED) is 0.204. The molecule has 2 aliphatic rings. The van der Waals surface area contributed by atoms with Crippen LogP contribution in [0.15, 0.2) is 0 Å². The lowest BCUT2D eigenvalue weighted by Crippen LogP contribution is -2.57. The predicted octanol–water partition coefficient (Wildman–Crippen LogP) is 9.34. The zero-order valence-corrected chi connectivity index (χ0v) is 19.6. The fourth-order valence-electron chi connectivity index (χ4n) is 4.55. The molecule has 34 heavy (non-hydrogen) atoms. The van der Waals surface area contributed by atoms with E-state index in [1.54, 1.807) is 0 Å². The minimum atomic E-state index is -6.09. The smallest absolute Gasteiger partial charge is 0.215 e. The molecule has 2 unspecified atom stereocenters. The number of hydrogen-bond acceptors (Lipinski definition) is 2. The summed E-state index contributed by atoms with van der Waals surface area (Å²) in [6, 6.07) is 0. The van der Waals surface area contributed by atoms with Crippen LogP contribution in [0.1, 0.15) is 64.2 Å². The van der Waals surface area contributed by atoms with E-state index >= 15 is 0 Å². The van der Waals surface area contributed by atoms with E-state index < -0.39 is 81.1 Å². The topological polar surface area (TPSA) is 0 Å². The zero-order valence-electron chi connectivity index (χ0n) is 18.0. The van der Waals surface area contributed by atoms with Gasteiger partial charge in [0.25, 0.3) is 0 Å². The second-order valence-electron chi connectivity index (χ2n) is 8.80. The Morgan fingerprint density at radius 1 is 0.441 bits per heavy atom. The van der Waals surface area contributed by atoms with Crippen LogP contribution in [0, 0.1) is 11.8 Å². The molecule has 0 aromatic heterocycles. The van der Waals surface area contributed by atoms with Crippen molar-refractivity contribution in [3.63, 3.8) is 0 Å². The number of hydrogen-bond donors (Lipinski definition) is 0. The van der Waals surface area contributed by atoms with Crippen LogP contribution in [0.5, 0.6) is 0 Å². The number of halogens is 12. The van der Waals surface area contributed by atoms with Crippen molar-refractivity contribution >= 4 is 23.5 Å². The van der Waals surface area contributed by atoms with E-state index in [-0.39, 0.29) is 51.4 Å². The average molecular weight is 559 g/mol. The van der Waals surface area contributed by atoms with Gasteiger partial charge in [0.1, 0.15) is 0 Å². The largest absolute Gasteiger partial charge is 0.438 e. The van der Waals surface area contributed by atoms with Gasteiger partial charge in [0.2, 0.25) is 0 Å². The molecule has 2 atom stereocenters. The first-order chi connectivity index (χ1) is 15.4. The van der Waals surface area contributed by atoms with Crippen molar-refractivity contribution in [2.75, 3.05) is 11.5 Å². The van der Waals surface area contributed by atoms with Crippen LogP contribution < -0.4 is 0 Å². The van der Waals surface area contributed by atoms with Crippen molar-refractivity contribution in [3.05, 3.63) is 0 Å². The van der Waals surface area contributed by atoms with Crippen molar-refractivity contribution in [3.8, 4) is 0 Å². The van der Waals surface area contributed by atoms with Gasteiger partial charge in [0.15, 0.2) is 0 Å². The van der Waals surface area contributed by atoms with Gasteiger partial charge in [-0.1, -0.05) is 38.5 Å². The van der Waals surface area contributed by atoms with Gasteiger partial charge in [-0.2, -0.15) is 26.3 Å². The van der Waals surface area contributed by atoms with Gasteiger partial charge in [-0.05, 0) is 25.7 Å². The van der Waals surface area contributed by atoms with Crippen LogP contribution in [-0.4, -0.2) is 45.7 Å². The number of rotatable bonds is 9. The molecule has 0 spiro atoms. The van der Waals surface area contributed by atoms with Gasteiger partial charge in [-0.3, -0.25) is 0 Å². The Morgan fingerprint density at radius 3 is 0.941 bits per heavy atom. The molecule has 0 aromatic carbocycles. The van der Waals surface area contributed by atoms with Crippen molar-refractivity contribution in [1.29, 1.82) is 0 Å². The van der Waals surface area contributed by atoms with Gasteiger partial charge in [-0.15, -0.1) is 23.5 Å². The van der Waals surface area contributed by atoms with Gasteiger partial charge < -0.3 is 0 Å². The van der Waals surface area contributed by atoms with Crippen LogP contribution in [0.4, 0.5) is 52.7 Å². The summed E-state index contributed by atoms with van der Waals surface area (Å²) in [5.41, 5.74) is 0. The Balaban J connectivity index is 2.17. The highest BCUT2D eigenvalue weighted by molar-refractivity contribution is 8.04. The second kappa shape index (κ2) is 10.7. The molecule has 2 aliphatic carbocycles. The Hall–Kier alpha value is -0.140. The number of alkyl halides is 12. The molecular weight excluding hydrogens is 532 g/mol. The van der Waals surface area contributed by atoms with E-state index in [2.05, 4.69) is 0 Å². The van der Waals surface area contributed by atoms with Crippen LogP contribution in [0.3, 0.4) is 0 Å². The van der Waals surface area contributed by atoms with E-state index in [9.17, 15) is 52.7 Å². The zero-order chi connectivity index (χ0) is 26.1. The summed E-state index contributed by atoms with van der Waals surface area (Å²) in [5.74, 6) is -16.4. The first-order valence-electron chi connectivity index (χ1n) is 11.0. The minimum Gasteiger partial charge on any atom is -0.215 e. The maximum Gasteiger partial charge on any atom is 0.438 e. The van der Waals surface area contributed by atoms with Crippen LogP contribution in [-0.2, 0) is 0 Å². The summed E-state index contributed by atoms with van der Waals surface area (Å²) < 4.78 is 169. The molecule has 14 heteroatoms. The summed E-state index contributed by atoms with van der Waals surface area (Å²) in [6.45, 7) is 0. The SMILES string of the molecule is FC(F)(F)C(F)(SCCSC(F)(C(F)(F)F)C(F)(F)C1CCCCC1)C(F)(F)C1CCCCC1. The summed E-state index contributed by atoms with van der Waals surface area (Å²) in [6.07, 6.45) is -12.0. The summed E-state index contributed by atoms with van der Waals surface area (Å²) in [5, 5.41) is -10.3. The van der Waals surface area contributed by atoms with Gasteiger partial charge in [0, 0.05) is 23.3 Å². The van der Waals surface area contributed by atoms with Gasteiger partial charge in [-0.25, -0.2) is 26.3 Å². The predicted molar refractivity (Wildman–Crippen MR) is 108 cm³/mol. The monoisotopic (exact) mass is 558 g/mol. The molecule has 2 saturated carbocycles. The van der Waals surface area contributed by atoms with Crippen LogP contribution in [0.2, 0.25) is 0 Å². The second-order valence-corrected chi connectivity index (χ2v) is 11.3. The third kappa shape index (κ3) is 5.72. The average Bonchev–Trinajstić information content (AvgIpc) is 2.75. The van der Waals surface area contributed by atoms with Crippen LogP contribution >= 0.6 is 23.5 Å². The fourth-order valence-corrected chi connectivity index (χ4v) is 6.83. The number of thioether (sulfide) groups is 2. The molecule has 2 fully saturated rings. The Morgan fingerprint density at radius 2 is 0.706 bits per heavy atom. The van der Waals surface area contributed by atoms with Crippen LogP contribution in [0.25, 0.3) is 0 Å². The first-order valence-corrected chi connectivity index (χ1v) is 12.9. The molecule has 2 rings (SSSR count). The Kier molecular flexibility index (Phi) is 9.46. The van der Waals surface area contributed by atoms with Crippen molar-refractivity contribution < 1.29 is 52.7 Å². The van der Waals surface area contributed by atoms with Crippen molar-refractivity contribution in [1.82, 2.24) is 0 Å². The molecule has 0 saturated heterocycles. The normalized spacial score (nSPS) is 24.0. The van der Waals surface area contributed by atoms with E-state index in [1.165, 1.54) is 0 Å². The lowest BCUT2D eigenvalue weighted by atomic mass is 9.82. The highest BCUT2D eigenvalue weighted by atomic mass is 32.2. The third-order valence-electron chi connectivity index (χ3n) is 6.51. The van der Waals surface area contributed by atoms with E-state index in [1.807, 2.05) is 0 Å². The Labute approximate surface area is 198 Å². The maximum absolute atomic E-state index is 14.9. The molecule has 0 amide bonds. The summed E-state index contributed by atoms with van der Waals surface area (Å²) >= 11 is -2.02. The lowest BCUT2D eigenvalue weighted by Gasteiger charge is -2.41. The van der Waals surface area contributed by atoms with E-state index in [0.29, 0.717) is 12.8 Å². The molecule has 0 bridgehead atoms.